The number of nitrogens with zero attached hydrogens (tertiary/aromatic N) is 1. The van der Waals surface area contributed by atoms with Gasteiger partial charge < -0.3 is 11.1 Å². The fourth-order valence-electron chi connectivity index (χ4n) is 2.24. The standard InChI is InChI=1S/C16H23N3/c1-5-10(2)12(4)19-16-8-11(3)18-15-7-6-13(17)9-14(15)16/h6-10,12H,5,17H2,1-4H3,(H,18,19). The van der Waals surface area contributed by atoms with Crippen LogP contribution in [-0.4, -0.2) is 11.0 Å². The lowest BCUT2D eigenvalue weighted by Gasteiger charge is -2.22. The van der Waals surface area contributed by atoms with Gasteiger partial charge in [-0.2, -0.15) is 0 Å². The summed E-state index contributed by atoms with van der Waals surface area (Å²) in [6.07, 6.45) is 1.16. The van der Waals surface area contributed by atoms with Crippen molar-refractivity contribution in [2.24, 2.45) is 5.92 Å². The van der Waals surface area contributed by atoms with Crippen LogP contribution in [-0.2, 0) is 0 Å². The molecule has 1 heterocycles. The zero-order chi connectivity index (χ0) is 14.0. The highest BCUT2D eigenvalue weighted by Crippen LogP contribution is 2.27. The van der Waals surface area contributed by atoms with E-state index in [1.807, 2.05) is 25.1 Å². The Labute approximate surface area is 115 Å². The molecule has 3 N–H and O–H groups in total. The molecule has 0 saturated carbocycles. The fraction of sp³-hybridized carbons (Fsp3) is 0.438. The summed E-state index contributed by atoms with van der Waals surface area (Å²) in [5.41, 5.74) is 9.81. The van der Waals surface area contributed by atoms with Crippen molar-refractivity contribution in [1.82, 2.24) is 4.98 Å². The minimum atomic E-state index is 0.427. The zero-order valence-electron chi connectivity index (χ0n) is 12.2. The van der Waals surface area contributed by atoms with E-state index >= 15 is 0 Å². The Balaban J connectivity index is 2.43. The van der Waals surface area contributed by atoms with E-state index in [1.54, 1.807) is 0 Å². The van der Waals surface area contributed by atoms with E-state index in [4.69, 9.17) is 5.73 Å². The predicted molar refractivity (Wildman–Crippen MR) is 83.4 cm³/mol. The average molecular weight is 257 g/mol. The van der Waals surface area contributed by atoms with Crippen molar-refractivity contribution in [2.75, 3.05) is 11.1 Å². The third kappa shape index (κ3) is 2.98. The molecule has 2 aromatic rings. The van der Waals surface area contributed by atoms with E-state index in [0.717, 1.165) is 34.4 Å². The van der Waals surface area contributed by atoms with Gasteiger partial charge in [0.2, 0.25) is 0 Å². The van der Waals surface area contributed by atoms with Gasteiger partial charge in [0, 0.05) is 28.5 Å². The number of nitrogen functional groups attached to an aromatic ring is 1. The number of anilines is 2. The van der Waals surface area contributed by atoms with Crippen LogP contribution in [0, 0.1) is 12.8 Å². The zero-order valence-corrected chi connectivity index (χ0v) is 12.2. The molecule has 3 nitrogen and oxygen atoms in total. The highest BCUT2D eigenvalue weighted by Gasteiger charge is 2.12. The first-order valence-electron chi connectivity index (χ1n) is 6.94. The molecule has 0 spiro atoms. The summed E-state index contributed by atoms with van der Waals surface area (Å²) in [4.78, 5) is 4.55. The van der Waals surface area contributed by atoms with Gasteiger partial charge >= 0.3 is 0 Å². The number of benzene rings is 1. The molecule has 3 heteroatoms. The van der Waals surface area contributed by atoms with E-state index in [-0.39, 0.29) is 0 Å². The summed E-state index contributed by atoms with van der Waals surface area (Å²) in [6, 6.07) is 8.40. The first kappa shape index (κ1) is 13.7. The van der Waals surface area contributed by atoms with Crippen molar-refractivity contribution in [2.45, 2.75) is 40.2 Å². The highest BCUT2D eigenvalue weighted by molar-refractivity contribution is 5.93. The van der Waals surface area contributed by atoms with Crippen molar-refractivity contribution in [3.05, 3.63) is 30.0 Å². The molecule has 1 aromatic carbocycles. The van der Waals surface area contributed by atoms with Crippen LogP contribution in [0.5, 0.6) is 0 Å². The average Bonchev–Trinajstić information content (AvgIpc) is 2.38. The molecule has 0 amide bonds. The monoisotopic (exact) mass is 257 g/mol. The van der Waals surface area contributed by atoms with E-state index in [0.29, 0.717) is 12.0 Å². The van der Waals surface area contributed by atoms with Crippen LogP contribution < -0.4 is 11.1 Å². The van der Waals surface area contributed by atoms with E-state index in [1.165, 1.54) is 0 Å². The summed E-state index contributed by atoms with van der Waals surface area (Å²) in [6.45, 7) is 8.73. The Bertz CT molecular complexity index is 577. The molecule has 19 heavy (non-hydrogen) atoms. The minimum Gasteiger partial charge on any atom is -0.399 e. The number of rotatable bonds is 4. The van der Waals surface area contributed by atoms with Gasteiger partial charge in [0.1, 0.15) is 0 Å². The van der Waals surface area contributed by atoms with Crippen molar-refractivity contribution in [3.63, 3.8) is 0 Å². The van der Waals surface area contributed by atoms with Crippen molar-refractivity contribution < 1.29 is 0 Å². The SMILES string of the molecule is CCC(C)C(C)Nc1cc(C)nc2ccc(N)cc12. The largest absolute Gasteiger partial charge is 0.399 e. The minimum absolute atomic E-state index is 0.427. The lowest BCUT2D eigenvalue weighted by atomic mass is 10.00. The van der Waals surface area contributed by atoms with E-state index < -0.39 is 0 Å². The van der Waals surface area contributed by atoms with Gasteiger partial charge in [-0.05, 0) is 44.0 Å². The van der Waals surface area contributed by atoms with Crippen molar-refractivity contribution in [1.29, 1.82) is 0 Å². The number of pyridine rings is 1. The summed E-state index contributed by atoms with van der Waals surface area (Å²) in [5, 5.41) is 4.71. The third-order valence-electron chi connectivity index (χ3n) is 3.84. The second kappa shape index (κ2) is 5.47. The molecule has 2 atom stereocenters. The molecule has 0 saturated heterocycles. The number of nitrogens with one attached hydrogen (secondary N) is 1. The van der Waals surface area contributed by atoms with Crippen LogP contribution in [0.3, 0.4) is 0 Å². The van der Waals surface area contributed by atoms with Gasteiger partial charge in [-0.15, -0.1) is 0 Å². The Morgan fingerprint density at radius 1 is 1.26 bits per heavy atom. The first-order chi connectivity index (χ1) is 9.01. The molecule has 0 aliphatic heterocycles. The van der Waals surface area contributed by atoms with Gasteiger partial charge in [-0.3, -0.25) is 4.98 Å². The molecule has 0 radical (unpaired) electrons. The lowest BCUT2D eigenvalue weighted by Crippen LogP contribution is -2.23. The maximum absolute atomic E-state index is 5.89. The number of aryl methyl sites for hydroxylation is 1. The maximum Gasteiger partial charge on any atom is 0.0727 e. The molecule has 0 aliphatic carbocycles. The Kier molecular flexibility index (Phi) is 3.93. The summed E-state index contributed by atoms with van der Waals surface area (Å²) >= 11 is 0. The number of aromatic nitrogens is 1. The maximum atomic E-state index is 5.89. The summed E-state index contributed by atoms with van der Waals surface area (Å²) in [5.74, 6) is 0.629. The fourth-order valence-corrected chi connectivity index (χ4v) is 2.24. The second-order valence-corrected chi connectivity index (χ2v) is 5.41. The van der Waals surface area contributed by atoms with Crippen LogP contribution >= 0.6 is 0 Å². The quantitative estimate of drug-likeness (QED) is 0.815. The third-order valence-corrected chi connectivity index (χ3v) is 3.84. The molecule has 1 aromatic heterocycles. The first-order valence-corrected chi connectivity index (χ1v) is 6.94. The molecular weight excluding hydrogens is 234 g/mol. The number of fused-ring (bicyclic) bond motifs is 1. The summed E-state index contributed by atoms with van der Waals surface area (Å²) in [7, 11) is 0. The molecule has 2 rings (SSSR count). The van der Waals surface area contributed by atoms with Crippen LogP contribution in [0.4, 0.5) is 11.4 Å². The Hall–Kier alpha value is -1.77. The van der Waals surface area contributed by atoms with Gasteiger partial charge in [0.15, 0.2) is 0 Å². The smallest absolute Gasteiger partial charge is 0.0727 e. The van der Waals surface area contributed by atoms with Crippen LogP contribution in [0.15, 0.2) is 24.3 Å². The Morgan fingerprint density at radius 2 is 2.00 bits per heavy atom. The molecular formula is C16H23N3. The molecule has 2 unspecified atom stereocenters. The van der Waals surface area contributed by atoms with Crippen molar-refractivity contribution in [3.8, 4) is 0 Å². The van der Waals surface area contributed by atoms with E-state index in [9.17, 15) is 0 Å². The normalized spacial score (nSPS) is 14.3. The van der Waals surface area contributed by atoms with Crippen LogP contribution in [0.25, 0.3) is 10.9 Å². The van der Waals surface area contributed by atoms with Gasteiger partial charge in [0.25, 0.3) is 0 Å². The van der Waals surface area contributed by atoms with E-state index in [2.05, 4.69) is 37.1 Å². The number of hydrogen-bond acceptors (Lipinski definition) is 3. The van der Waals surface area contributed by atoms with Gasteiger partial charge in [0.05, 0.1) is 5.52 Å². The Morgan fingerprint density at radius 3 is 2.68 bits per heavy atom. The lowest BCUT2D eigenvalue weighted by molar-refractivity contribution is 0.495. The topological polar surface area (TPSA) is 50.9 Å². The van der Waals surface area contributed by atoms with Gasteiger partial charge in [-0.1, -0.05) is 20.3 Å². The second-order valence-electron chi connectivity index (χ2n) is 5.41. The van der Waals surface area contributed by atoms with Crippen LogP contribution in [0.1, 0.15) is 32.9 Å². The molecule has 0 aliphatic rings. The van der Waals surface area contributed by atoms with Crippen molar-refractivity contribution >= 4 is 22.3 Å². The number of hydrogen-bond donors (Lipinski definition) is 2. The van der Waals surface area contributed by atoms with Crippen LogP contribution in [0.2, 0.25) is 0 Å². The molecule has 0 fully saturated rings. The molecule has 0 bridgehead atoms. The molecule has 102 valence electrons. The highest BCUT2D eigenvalue weighted by atomic mass is 14.9. The summed E-state index contributed by atoms with van der Waals surface area (Å²) < 4.78 is 0. The predicted octanol–water partition coefficient (Wildman–Crippen LogP) is 3.97. The van der Waals surface area contributed by atoms with Gasteiger partial charge in [-0.25, -0.2) is 0 Å². The number of nitrogens with two attached hydrogens (primary N) is 1.